The van der Waals surface area contributed by atoms with Gasteiger partial charge in [-0.05, 0) is 49.4 Å². The molecule has 0 atom stereocenters. The average molecular weight is 289 g/mol. The van der Waals surface area contributed by atoms with E-state index in [0.717, 1.165) is 30.8 Å². The molecule has 0 aliphatic heterocycles. The van der Waals surface area contributed by atoms with Gasteiger partial charge in [-0.1, -0.05) is 13.8 Å². The molecule has 0 bridgehead atoms. The van der Waals surface area contributed by atoms with Gasteiger partial charge in [0.2, 0.25) is 0 Å². The molecule has 3 nitrogen and oxygen atoms in total. The molecule has 0 aliphatic rings. The van der Waals surface area contributed by atoms with Gasteiger partial charge >= 0.3 is 0 Å². The Labute approximate surface area is 125 Å². The zero-order valence-corrected chi connectivity index (χ0v) is 13.3. The van der Waals surface area contributed by atoms with Gasteiger partial charge in [0.1, 0.15) is 0 Å². The molecule has 1 aromatic carbocycles. The van der Waals surface area contributed by atoms with Gasteiger partial charge < -0.3 is 5.32 Å². The summed E-state index contributed by atoms with van der Waals surface area (Å²) in [5, 5.41) is 8.07. The molecule has 2 aromatic rings. The highest BCUT2D eigenvalue weighted by molar-refractivity contribution is 7.98. The molecule has 0 saturated heterocycles. The summed E-state index contributed by atoms with van der Waals surface area (Å²) in [4.78, 5) is 1.29. The van der Waals surface area contributed by atoms with E-state index in [4.69, 9.17) is 0 Å². The van der Waals surface area contributed by atoms with Crippen LogP contribution in [0, 0.1) is 0 Å². The Hall–Kier alpha value is -1.42. The van der Waals surface area contributed by atoms with Crippen molar-refractivity contribution >= 4 is 17.4 Å². The molecule has 0 radical (unpaired) electrons. The monoisotopic (exact) mass is 289 g/mol. The maximum Gasteiger partial charge on any atom is 0.0815 e. The first-order valence-corrected chi connectivity index (χ1v) is 8.41. The Bertz CT molecular complexity index is 515. The van der Waals surface area contributed by atoms with Gasteiger partial charge in [-0.25, -0.2) is 0 Å². The van der Waals surface area contributed by atoms with Crippen LogP contribution in [0.1, 0.15) is 38.4 Å². The number of hydrogen-bond acceptors (Lipinski definition) is 3. The molecule has 4 heteroatoms. The Morgan fingerprint density at radius 3 is 2.45 bits per heavy atom. The summed E-state index contributed by atoms with van der Waals surface area (Å²) >= 11 is 1.76. The fourth-order valence-corrected chi connectivity index (χ4v) is 2.65. The Morgan fingerprint density at radius 1 is 1.15 bits per heavy atom. The lowest BCUT2D eigenvalue weighted by Gasteiger charge is -2.12. The molecule has 108 valence electrons. The van der Waals surface area contributed by atoms with Gasteiger partial charge in [-0.15, -0.1) is 11.8 Å². The van der Waals surface area contributed by atoms with Crippen LogP contribution in [0.4, 0.5) is 5.69 Å². The number of benzene rings is 1. The Balaban J connectivity index is 1.93. The van der Waals surface area contributed by atoms with E-state index in [9.17, 15) is 0 Å². The molecule has 0 amide bonds. The number of rotatable bonds is 7. The zero-order valence-electron chi connectivity index (χ0n) is 12.5. The molecule has 20 heavy (non-hydrogen) atoms. The van der Waals surface area contributed by atoms with Gasteiger partial charge in [0.05, 0.1) is 18.3 Å². The first-order valence-electron chi connectivity index (χ1n) is 7.18. The SMILES string of the molecule is CCC(CC)n1ccc(CNc2ccc(SC)cc2)n1. The van der Waals surface area contributed by atoms with Crippen LogP contribution < -0.4 is 5.32 Å². The van der Waals surface area contributed by atoms with Crippen LogP contribution in [0.3, 0.4) is 0 Å². The minimum Gasteiger partial charge on any atom is -0.379 e. The largest absolute Gasteiger partial charge is 0.379 e. The van der Waals surface area contributed by atoms with Crippen molar-refractivity contribution in [1.82, 2.24) is 9.78 Å². The highest BCUT2D eigenvalue weighted by Gasteiger charge is 2.07. The average Bonchev–Trinajstić information content (AvgIpc) is 2.96. The second-order valence-corrected chi connectivity index (χ2v) is 5.72. The molecule has 0 saturated carbocycles. The maximum atomic E-state index is 4.65. The smallest absolute Gasteiger partial charge is 0.0815 e. The summed E-state index contributed by atoms with van der Waals surface area (Å²) in [5.74, 6) is 0. The van der Waals surface area contributed by atoms with Crippen molar-refractivity contribution in [1.29, 1.82) is 0 Å². The molecule has 0 unspecified atom stereocenters. The van der Waals surface area contributed by atoms with E-state index in [0.29, 0.717) is 6.04 Å². The molecular weight excluding hydrogens is 266 g/mol. The van der Waals surface area contributed by atoms with Crippen molar-refractivity contribution in [3.63, 3.8) is 0 Å². The van der Waals surface area contributed by atoms with Crippen molar-refractivity contribution in [3.05, 3.63) is 42.2 Å². The van der Waals surface area contributed by atoms with Crippen LogP contribution in [-0.2, 0) is 6.54 Å². The lowest BCUT2D eigenvalue weighted by molar-refractivity contribution is 0.426. The lowest BCUT2D eigenvalue weighted by atomic mass is 10.2. The molecule has 0 spiro atoms. The molecule has 1 aromatic heterocycles. The first kappa shape index (κ1) is 15.0. The van der Waals surface area contributed by atoms with Crippen molar-refractivity contribution in [2.24, 2.45) is 0 Å². The predicted octanol–water partition coefficient (Wildman–Crippen LogP) is 4.58. The molecule has 1 heterocycles. The summed E-state index contributed by atoms with van der Waals surface area (Å²) in [7, 11) is 0. The topological polar surface area (TPSA) is 29.9 Å². The number of nitrogens with zero attached hydrogens (tertiary/aromatic N) is 2. The summed E-state index contributed by atoms with van der Waals surface area (Å²) < 4.78 is 2.09. The van der Waals surface area contributed by atoms with E-state index < -0.39 is 0 Å². The van der Waals surface area contributed by atoms with Crippen LogP contribution >= 0.6 is 11.8 Å². The first-order chi connectivity index (χ1) is 9.76. The zero-order chi connectivity index (χ0) is 14.4. The minimum atomic E-state index is 0.518. The standard InChI is InChI=1S/C16H23N3S/c1-4-15(5-2)19-11-10-14(18-19)12-17-13-6-8-16(20-3)9-7-13/h6-11,15,17H,4-5,12H2,1-3H3. The van der Waals surface area contributed by atoms with Gasteiger partial charge in [-0.2, -0.15) is 5.10 Å². The minimum absolute atomic E-state index is 0.518. The molecule has 2 rings (SSSR count). The van der Waals surface area contributed by atoms with Gasteiger partial charge in [-0.3, -0.25) is 4.68 Å². The van der Waals surface area contributed by atoms with Gasteiger partial charge in [0.25, 0.3) is 0 Å². The summed E-state index contributed by atoms with van der Waals surface area (Å²) in [6.07, 6.45) is 6.43. The number of thioether (sulfide) groups is 1. The molecule has 0 aliphatic carbocycles. The van der Waals surface area contributed by atoms with Crippen LogP contribution in [0.5, 0.6) is 0 Å². The number of aromatic nitrogens is 2. The molecule has 1 N–H and O–H groups in total. The fourth-order valence-electron chi connectivity index (χ4n) is 2.24. The Kier molecular flexibility index (Phi) is 5.53. The predicted molar refractivity (Wildman–Crippen MR) is 87.4 cm³/mol. The van der Waals surface area contributed by atoms with E-state index in [-0.39, 0.29) is 0 Å². The Morgan fingerprint density at radius 2 is 1.85 bits per heavy atom. The van der Waals surface area contributed by atoms with Gasteiger partial charge in [0.15, 0.2) is 0 Å². The second-order valence-electron chi connectivity index (χ2n) is 4.84. The molecular formula is C16H23N3S. The summed E-state index contributed by atoms with van der Waals surface area (Å²) in [5.41, 5.74) is 2.23. The normalized spacial score (nSPS) is 11.0. The van der Waals surface area contributed by atoms with E-state index in [1.54, 1.807) is 11.8 Å². The third-order valence-electron chi connectivity index (χ3n) is 3.54. The third kappa shape index (κ3) is 3.79. The van der Waals surface area contributed by atoms with E-state index in [1.165, 1.54) is 4.90 Å². The van der Waals surface area contributed by atoms with Crippen LogP contribution in [-0.4, -0.2) is 16.0 Å². The molecule has 0 fully saturated rings. The number of hydrogen-bond donors (Lipinski definition) is 1. The van der Waals surface area contributed by atoms with Gasteiger partial charge in [0, 0.05) is 16.8 Å². The highest BCUT2D eigenvalue weighted by Crippen LogP contribution is 2.18. The third-order valence-corrected chi connectivity index (χ3v) is 4.29. The van der Waals surface area contributed by atoms with Crippen molar-refractivity contribution < 1.29 is 0 Å². The lowest BCUT2D eigenvalue weighted by Crippen LogP contribution is -2.08. The summed E-state index contributed by atoms with van der Waals surface area (Å²) in [6.45, 7) is 5.19. The van der Waals surface area contributed by atoms with E-state index in [1.807, 2.05) is 0 Å². The van der Waals surface area contributed by atoms with E-state index >= 15 is 0 Å². The second kappa shape index (κ2) is 7.39. The fraction of sp³-hybridized carbons (Fsp3) is 0.438. The maximum absolute atomic E-state index is 4.65. The quantitative estimate of drug-likeness (QED) is 0.757. The van der Waals surface area contributed by atoms with Crippen molar-refractivity contribution in [2.45, 2.75) is 44.2 Å². The number of anilines is 1. The number of nitrogens with one attached hydrogen (secondary N) is 1. The van der Waals surface area contributed by atoms with Crippen molar-refractivity contribution in [3.8, 4) is 0 Å². The van der Waals surface area contributed by atoms with Crippen LogP contribution in [0.2, 0.25) is 0 Å². The van der Waals surface area contributed by atoms with Crippen LogP contribution in [0.25, 0.3) is 0 Å². The summed E-state index contributed by atoms with van der Waals surface area (Å²) in [6, 6.07) is 11.1. The van der Waals surface area contributed by atoms with E-state index in [2.05, 4.69) is 71.7 Å². The van der Waals surface area contributed by atoms with Crippen molar-refractivity contribution in [2.75, 3.05) is 11.6 Å². The van der Waals surface area contributed by atoms with Crippen LogP contribution in [0.15, 0.2) is 41.4 Å². The highest BCUT2D eigenvalue weighted by atomic mass is 32.2.